The molecule has 1 amide bonds. The van der Waals surface area contributed by atoms with Crippen LogP contribution in [0.25, 0.3) is 0 Å². The third kappa shape index (κ3) is 1.77. The number of amides is 1. The Balaban J connectivity index is 1.81. The van der Waals surface area contributed by atoms with Gasteiger partial charge in [-0.05, 0) is 37.8 Å². The summed E-state index contributed by atoms with van der Waals surface area (Å²) in [4.78, 5) is 11.6. The predicted molar refractivity (Wildman–Crippen MR) is 52.7 cm³/mol. The topological polar surface area (TPSA) is 61.4 Å². The summed E-state index contributed by atoms with van der Waals surface area (Å²) in [6.07, 6.45) is 3.31. The Morgan fingerprint density at radius 2 is 2.21 bits per heavy atom. The van der Waals surface area contributed by atoms with Crippen LogP contribution in [0, 0.1) is 11.3 Å². The van der Waals surface area contributed by atoms with Crippen LogP contribution in [0.15, 0.2) is 0 Å². The highest BCUT2D eigenvalue weighted by Gasteiger charge is 2.57. The van der Waals surface area contributed by atoms with Crippen molar-refractivity contribution < 1.29 is 9.90 Å². The highest BCUT2D eigenvalue weighted by molar-refractivity contribution is 5.82. The fraction of sp³-hybridized carbons (Fsp3) is 0.900. The highest BCUT2D eigenvalue weighted by Crippen LogP contribution is 2.58. The molecule has 80 valence electrons. The Labute approximate surface area is 84.1 Å². The molecule has 0 bridgehead atoms. The molecule has 1 aliphatic heterocycles. The van der Waals surface area contributed by atoms with Crippen LogP contribution in [-0.2, 0) is 4.79 Å². The summed E-state index contributed by atoms with van der Waals surface area (Å²) in [6.45, 7) is 2.52. The van der Waals surface area contributed by atoms with Gasteiger partial charge in [0.05, 0.1) is 6.61 Å². The lowest BCUT2D eigenvalue weighted by Gasteiger charge is -2.23. The van der Waals surface area contributed by atoms with Crippen molar-refractivity contribution in [1.29, 1.82) is 0 Å². The molecule has 0 radical (unpaired) electrons. The molecule has 4 heteroatoms. The van der Waals surface area contributed by atoms with E-state index in [9.17, 15) is 4.79 Å². The Morgan fingerprint density at radius 1 is 1.50 bits per heavy atom. The predicted octanol–water partition coefficient (Wildman–Crippen LogP) is -0.515. The van der Waals surface area contributed by atoms with Gasteiger partial charge in [0.15, 0.2) is 0 Å². The van der Waals surface area contributed by atoms with E-state index < -0.39 is 0 Å². The fourth-order valence-electron chi connectivity index (χ4n) is 2.50. The molecule has 1 saturated heterocycles. The SMILES string of the molecule is O=C(NCCO)C1CC12CCNCC2. The lowest BCUT2D eigenvalue weighted by atomic mass is 9.92. The summed E-state index contributed by atoms with van der Waals surface area (Å²) in [6, 6.07) is 0. The zero-order valence-corrected chi connectivity index (χ0v) is 8.38. The molecule has 1 atom stereocenters. The van der Waals surface area contributed by atoms with Crippen LogP contribution in [0.2, 0.25) is 0 Å². The molecule has 0 aromatic carbocycles. The second kappa shape index (κ2) is 3.87. The van der Waals surface area contributed by atoms with E-state index in [0.29, 0.717) is 12.0 Å². The van der Waals surface area contributed by atoms with E-state index in [-0.39, 0.29) is 18.4 Å². The minimum Gasteiger partial charge on any atom is -0.395 e. The molecule has 0 aromatic heterocycles. The van der Waals surface area contributed by atoms with Crippen molar-refractivity contribution in [2.24, 2.45) is 11.3 Å². The second-order valence-electron chi connectivity index (χ2n) is 4.38. The van der Waals surface area contributed by atoms with Gasteiger partial charge in [-0.1, -0.05) is 0 Å². The monoisotopic (exact) mass is 198 g/mol. The van der Waals surface area contributed by atoms with Crippen LogP contribution in [0.4, 0.5) is 0 Å². The van der Waals surface area contributed by atoms with Crippen LogP contribution < -0.4 is 10.6 Å². The molecule has 1 saturated carbocycles. The zero-order chi connectivity index (χ0) is 10.0. The summed E-state index contributed by atoms with van der Waals surface area (Å²) in [5.41, 5.74) is 0.310. The smallest absolute Gasteiger partial charge is 0.223 e. The number of piperidine rings is 1. The first-order valence-corrected chi connectivity index (χ1v) is 5.38. The Morgan fingerprint density at radius 3 is 2.86 bits per heavy atom. The van der Waals surface area contributed by atoms with Crippen LogP contribution in [0.1, 0.15) is 19.3 Å². The molecule has 1 spiro atoms. The molecule has 4 nitrogen and oxygen atoms in total. The summed E-state index contributed by atoms with van der Waals surface area (Å²) >= 11 is 0. The van der Waals surface area contributed by atoms with Gasteiger partial charge in [0.1, 0.15) is 0 Å². The van der Waals surface area contributed by atoms with E-state index in [2.05, 4.69) is 10.6 Å². The quantitative estimate of drug-likeness (QED) is 0.572. The number of rotatable bonds is 3. The lowest BCUT2D eigenvalue weighted by molar-refractivity contribution is -0.123. The first-order valence-electron chi connectivity index (χ1n) is 5.38. The molecular weight excluding hydrogens is 180 g/mol. The molecule has 1 aliphatic carbocycles. The van der Waals surface area contributed by atoms with Crippen LogP contribution in [0.3, 0.4) is 0 Å². The minimum atomic E-state index is 0.0347. The molecule has 2 fully saturated rings. The molecular formula is C10H18N2O2. The second-order valence-corrected chi connectivity index (χ2v) is 4.38. The van der Waals surface area contributed by atoms with E-state index in [1.54, 1.807) is 0 Å². The fourth-order valence-corrected chi connectivity index (χ4v) is 2.50. The average molecular weight is 198 g/mol. The molecule has 1 unspecified atom stereocenters. The number of nitrogens with one attached hydrogen (secondary N) is 2. The summed E-state index contributed by atoms with van der Waals surface area (Å²) in [5, 5.41) is 14.7. The third-order valence-electron chi connectivity index (χ3n) is 3.52. The minimum absolute atomic E-state index is 0.0347. The largest absolute Gasteiger partial charge is 0.395 e. The normalized spacial score (nSPS) is 28.8. The van der Waals surface area contributed by atoms with Gasteiger partial charge in [0.25, 0.3) is 0 Å². The van der Waals surface area contributed by atoms with Gasteiger partial charge in [-0.2, -0.15) is 0 Å². The van der Waals surface area contributed by atoms with Gasteiger partial charge in [0, 0.05) is 12.5 Å². The van der Waals surface area contributed by atoms with Crippen molar-refractivity contribution in [3.63, 3.8) is 0 Å². The first-order chi connectivity index (χ1) is 6.78. The van der Waals surface area contributed by atoms with Gasteiger partial charge in [-0.3, -0.25) is 4.79 Å². The van der Waals surface area contributed by atoms with Crippen molar-refractivity contribution in [1.82, 2.24) is 10.6 Å². The van der Waals surface area contributed by atoms with Crippen LogP contribution in [-0.4, -0.2) is 37.3 Å². The van der Waals surface area contributed by atoms with E-state index in [4.69, 9.17) is 5.11 Å². The molecule has 2 aliphatic rings. The van der Waals surface area contributed by atoms with Crippen LogP contribution >= 0.6 is 0 Å². The van der Waals surface area contributed by atoms with E-state index in [1.807, 2.05) is 0 Å². The van der Waals surface area contributed by atoms with E-state index >= 15 is 0 Å². The maximum absolute atomic E-state index is 11.6. The van der Waals surface area contributed by atoms with Crippen LogP contribution in [0.5, 0.6) is 0 Å². The molecule has 2 rings (SSSR count). The number of hydrogen-bond acceptors (Lipinski definition) is 3. The number of aliphatic hydroxyl groups excluding tert-OH is 1. The Bertz CT molecular complexity index is 224. The number of hydrogen-bond donors (Lipinski definition) is 3. The van der Waals surface area contributed by atoms with Crippen molar-refractivity contribution in [2.45, 2.75) is 19.3 Å². The van der Waals surface area contributed by atoms with Gasteiger partial charge in [-0.25, -0.2) is 0 Å². The van der Waals surface area contributed by atoms with Gasteiger partial charge in [0.2, 0.25) is 5.91 Å². The van der Waals surface area contributed by atoms with Crippen molar-refractivity contribution in [3.05, 3.63) is 0 Å². The zero-order valence-electron chi connectivity index (χ0n) is 8.38. The third-order valence-corrected chi connectivity index (χ3v) is 3.52. The van der Waals surface area contributed by atoms with E-state index in [0.717, 1.165) is 32.4 Å². The lowest BCUT2D eigenvalue weighted by Crippen LogP contribution is -2.34. The van der Waals surface area contributed by atoms with Crippen molar-refractivity contribution in [3.8, 4) is 0 Å². The Hall–Kier alpha value is -0.610. The van der Waals surface area contributed by atoms with E-state index in [1.165, 1.54) is 0 Å². The van der Waals surface area contributed by atoms with Gasteiger partial charge >= 0.3 is 0 Å². The number of carbonyl (C=O) groups is 1. The van der Waals surface area contributed by atoms with Gasteiger partial charge < -0.3 is 15.7 Å². The highest BCUT2D eigenvalue weighted by atomic mass is 16.3. The number of carbonyl (C=O) groups excluding carboxylic acids is 1. The standard InChI is InChI=1S/C10H18N2O2/c13-6-5-12-9(14)8-7-10(8)1-3-11-4-2-10/h8,11,13H,1-7H2,(H,12,14). The summed E-state index contributed by atoms with van der Waals surface area (Å²) in [5.74, 6) is 0.358. The maximum atomic E-state index is 11.6. The molecule has 3 N–H and O–H groups in total. The Kier molecular flexibility index (Phi) is 2.74. The molecule has 14 heavy (non-hydrogen) atoms. The summed E-state index contributed by atoms with van der Waals surface area (Å²) < 4.78 is 0. The molecule has 0 aromatic rings. The molecule has 1 heterocycles. The maximum Gasteiger partial charge on any atom is 0.223 e. The summed E-state index contributed by atoms with van der Waals surface area (Å²) in [7, 11) is 0. The average Bonchev–Trinajstić information content (AvgIpc) is 2.90. The first kappa shape index (κ1) is 9.93. The van der Waals surface area contributed by atoms with Gasteiger partial charge in [-0.15, -0.1) is 0 Å². The number of aliphatic hydroxyl groups is 1. The van der Waals surface area contributed by atoms with Crippen molar-refractivity contribution >= 4 is 5.91 Å². The van der Waals surface area contributed by atoms with Crippen molar-refractivity contribution in [2.75, 3.05) is 26.2 Å².